The van der Waals surface area contributed by atoms with Crippen LogP contribution in [0, 0.1) is 0 Å². The molecule has 0 aliphatic heterocycles. The standard InChI is InChI=1S/2C6H5.C5H12N.2ClH.H3P.Pd/c2*1-2-4-6-5-3-1;1-5(2)6(3)4;;;;/h2*1-5H;5H,1H2,2-4H3;2*1H;1H3;. The second kappa shape index (κ2) is 12.5. The van der Waals surface area contributed by atoms with Crippen LogP contribution >= 0.6 is 34.7 Å². The van der Waals surface area contributed by atoms with E-state index in [4.69, 9.17) is 0 Å². The maximum Gasteiger partial charge on any atom is -0.147 e. The van der Waals surface area contributed by atoms with E-state index in [1.54, 1.807) is 0 Å². The van der Waals surface area contributed by atoms with E-state index in [9.17, 15) is 0 Å². The summed E-state index contributed by atoms with van der Waals surface area (Å²) in [5, 5.41) is 0. The first-order valence-corrected chi connectivity index (χ1v) is 9.15. The van der Waals surface area contributed by atoms with E-state index < -0.39 is 16.8 Å². The fourth-order valence-electron chi connectivity index (χ4n) is 1.62. The number of benzene rings is 2. The van der Waals surface area contributed by atoms with Gasteiger partial charge in [0.2, 0.25) is 0 Å². The van der Waals surface area contributed by atoms with Crippen LogP contribution in [-0.2, 0) is 16.8 Å². The van der Waals surface area contributed by atoms with Crippen LogP contribution in [0.2, 0.25) is 4.89 Å². The van der Waals surface area contributed by atoms with Crippen LogP contribution in [-0.4, -0.2) is 25.0 Å². The van der Waals surface area contributed by atoms with Gasteiger partial charge in [-0.05, 0) is 0 Å². The predicted molar refractivity (Wildman–Crippen MR) is 106 cm³/mol. The topological polar surface area (TPSA) is 3.24 Å². The molecule has 0 aliphatic carbocycles. The van der Waals surface area contributed by atoms with Crippen molar-refractivity contribution < 1.29 is 16.8 Å². The van der Waals surface area contributed by atoms with Crippen LogP contribution in [0.4, 0.5) is 0 Å². The van der Waals surface area contributed by atoms with Crippen molar-refractivity contribution in [2.45, 2.75) is 17.9 Å². The zero-order chi connectivity index (χ0) is 13.7. The van der Waals surface area contributed by atoms with Crippen LogP contribution in [0.5, 0.6) is 0 Å². The fourth-order valence-corrected chi connectivity index (χ4v) is 6.20. The van der Waals surface area contributed by atoms with Crippen LogP contribution in [0.1, 0.15) is 6.92 Å². The van der Waals surface area contributed by atoms with Gasteiger partial charge in [0.1, 0.15) is 0 Å². The number of nitrogens with zero attached hydrogens (tertiary/aromatic N) is 1. The summed E-state index contributed by atoms with van der Waals surface area (Å²) in [5.74, 6) is 0. The normalized spacial score (nSPS) is 11.5. The van der Waals surface area contributed by atoms with Crippen molar-refractivity contribution in [3.05, 3.63) is 60.7 Å². The van der Waals surface area contributed by atoms with E-state index in [1.807, 2.05) is 0 Å². The largest absolute Gasteiger partial charge is 0.153 e. The molecule has 0 radical (unpaired) electrons. The van der Waals surface area contributed by atoms with E-state index >= 15 is 0 Å². The Morgan fingerprint density at radius 1 is 0.818 bits per heavy atom. The Morgan fingerprint density at radius 3 is 1.50 bits per heavy atom. The zero-order valence-corrected chi connectivity index (χ0v) is 17.9. The third-order valence-corrected chi connectivity index (χ3v) is 7.82. The molecule has 1 nitrogen and oxygen atoms in total. The molecule has 0 bridgehead atoms. The molecule has 2 aromatic carbocycles. The third kappa shape index (κ3) is 7.10. The Bertz CT molecular complexity index is 457. The molecule has 0 spiro atoms. The van der Waals surface area contributed by atoms with Gasteiger partial charge in [-0.25, -0.2) is 0 Å². The van der Waals surface area contributed by atoms with Gasteiger partial charge in [-0.2, -0.15) is 9.90 Å². The van der Waals surface area contributed by atoms with E-state index in [2.05, 4.69) is 86.6 Å². The van der Waals surface area contributed by atoms with Gasteiger partial charge < -0.3 is 0 Å². The average molecular weight is 454 g/mol. The molecule has 0 amide bonds. The maximum atomic E-state index is 2.32. The van der Waals surface area contributed by atoms with Crippen LogP contribution < -0.4 is 8.07 Å². The molecule has 0 fully saturated rings. The predicted octanol–water partition coefficient (Wildman–Crippen LogP) is 3.53. The molecule has 0 aliphatic rings. The molecule has 129 valence electrons. The van der Waals surface area contributed by atoms with Crippen molar-refractivity contribution in [2.24, 2.45) is 0 Å². The van der Waals surface area contributed by atoms with Gasteiger partial charge in [-0.15, -0.1) is 24.8 Å². The fraction of sp³-hybridized carbons (Fsp3) is 0.294. The number of hydrogen-bond donors (Lipinski definition) is 0. The summed E-state index contributed by atoms with van der Waals surface area (Å²) in [6.07, 6.45) is 0. The minimum Gasteiger partial charge on any atom is -0.153 e. The number of hydrogen-bond acceptors (Lipinski definition) is 1. The van der Waals surface area contributed by atoms with Gasteiger partial charge >= 0.3 is 122 Å². The van der Waals surface area contributed by atoms with Gasteiger partial charge in [-0.1, -0.05) is 0 Å². The molecule has 0 N–H and O–H groups in total. The van der Waals surface area contributed by atoms with E-state index in [1.165, 1.54) is 13.0 Å². The van der Waals surface area contributed by atoms with Crippen LogP contribution in [0.3, 0.4) is 0 Å². The Balaban J connectivity index is 0. The Hall–Kier alpha value is 0.0723. The van der Waals surface area contributed by atoms with Gasteiger partial charge in [0, 0.05) is 0 Å². The number of rotatable bonds is 5. The molecule has 0 aromatic heterocycles. The van der Waals surface area contributed by atoms with Crippen LogP contribution in [0.15, 0.2) is 60.7 Å². The maximum absolute atomic E-state index is 2.32. The average Bonchev–Trinajstić information content (AvgIpc) is 2.46. The van der Waals surface area contributed by atoms with Gasteiger partial charge in [0.15, 0.2) is 0 Å². The summed E-state index contributed by atoms with van der Waals surface area (Å²) in [4.78, 5) is 3.58. The molecule has 2 atom stereocenters. The summed E-state index contributed by atoms with van der Waals surface area (Å²) >= 11 is -0.854. The molecule has 2 aromatic rings. The Morgan fingerprint density at radius 2 is 1.18 bits per heavy atom. The molecule has 2 rings (SSSR count). The first-order chi connectivity index (χ1) is 9.18. The summed E-state index contributed by atoms with van der Waals surface area (Å²) < 4.78 is 3.04. The molecule has 0 saturated heterocycles. The minimum absolute atomic E-state index is 0. The molecular weight excluding hydrogens is 426 g/mol. The summed E-state index contributed by atoms with van der Waals surface area (Å²) in [6, 6.07) is 22.6. The van der Waals surface area contributed by atoms with Crippen molar-refractivity contribution in [3.8, 4) is 0 Å². The third-order valence-electron chi connectivity index (χ3n) is 3.06. The van der Waals surface area contributed by atoms with Crippen molar-refractivity contribution in [3.63, 3.8) is 0 Å². The second-order valence-electron chi connectivity index (χ2n) is 4.76. The van der Waals surface area contributed by atoms with Crippen molar-refractivity contribution in [2.75, 3.05) is 14.1 Å². The van der Waals surface area contributed by atoms with Crippen molar-refractivity contribution in [1.82, 2.24) is 4.90 Å². The Kier molecular flexibility index (Phi) is 13.8. The molecule has 22 heavy (non-hydrogen) atoms. The zero-order valence-electron chi connectivity index (χ0n) is 13.3. The van der Waals surface area contributed by atoms with Crippen molar-refractivity contribution >= 4 is 42.8 Å². The molecule has 0 saturated carbocycles. The summed E-state index contributed by atoms with van der Waals surface area (Å²) in [7, 11) is 4.34. The summed E-state index contributed by atoms with van der Waals surface area (Å²) in [5.41, 5.74) is 0. The van der Waals surface area contributed by atoms with Gasteiger partial charge in [0.05, 0.1) is 0 Å². The first kappa shape index (κ1) is 24.3. The first-order valence-electron chi connectivity index (χ1n) is 6.50. The molecule has 0 heterocycles. The molecular formula is C17H27Cl2NPPd. The Labute approximate surface area is 156 Å². The SMILES string of the molecule is CC([CH2][Pd]([c]1ccccc1)[c]1ccccc1)N(C)C.Cl.Cl.P. The minimum atomic E-state index is -0.854. The number of halogens is 2. The van der Waals surface area contributed by atoms with Crippen LogP contribution in [0.25, 0.3) is 0 Å². The van der Waals surface area contributed by atoms with Gasteiger partial charge in [0.25, 0.3) is 0 Å². The monoisotopic (exact) mass is 452 g/mol. The quantitative estimate of drug-likeness (QED) is 0.495. The van der Waals surface area contributed by atoms with E-state index in [-0.39, 0.29) is 34.7 Å². The molecule has 2 unspecified atom stereocenters. The van der Waals surface area contributed by atoms with E-state index in [0.717, 1.165) is 0 Å². The van der Waals surface area contributed by atoms with Gasteiger partial charge in [-0.3, -0.25) is 0 Å². The smallest absolute Gasteiger partial charge is 0.147 e. The summed E-state index contributed by atoms with van der Waals surface area (Å²) in [6.45, 7) is 2.32. The van der Waals surface area contributed by atoms with E-state index in [0.29, 0.717) is 6.04 Å². The molecule has 5 heteroatoms. The second-order valence-corrected chi connectivity index (χ2v) is 8.68. The van der Waals surface area contributed by atoms with Crippen molar-refractivity contribution in [1.29, 1.82) is 0 Å².